The number of carbonyl (C=O) groups is 1. The summed E-state index contributed by atoms with van der Waals surface area (Å²) in [5.74, 6) is -0.110. The monoisotopic (exact) mass is 144 g/mol. The molecule has 0 N–H and O–H groups in total. The first-order valence-corrected chi connectivity index (χ1v) is 3.70. The van der Waals surface area contributed by atoms with E-state index in [2.05, 4.69) is 6.58 Å². The Morgan fingerprint density at radius 2 is 2.33 bits per heavy atom. The number of hydrogen-bond donors (Lipinski definition) is 0. The molecule has 0 amide bonds. The third-order valence-electron chi connectivity index (χ3n) is 0.971. The van der Waals surface area contributed by atoms with E-state index in [1.165, 1.54) is 0 Å². The van der Waals surface area contributed by atoms with Gasteiger partial charge in [-0.05, 0) is 6.42 Å². The van der Waals surface area contributed by atoms with Crippen molar-refractivity contribution < 1.29 is 9.36 Å². The Kier molecular flexibility index (Phi) is 5.34. The molecule has 1 unspecified atom stereocenters. The van der Waals surface area contributed by atoms with Gasteiger partial charge in [0.1, 0.15) is 6.29 Å². The summed E-state index contributed by atoms with van der Waals surface area (Å²) in [7, 11) is 0.0355. The van der Waals surface area contributed by atoms with E-state index < -0.39 is 0 Å². The van der Waals surface area contributed by atoms with E-state index in [0.29, 0.717) is 12.6 Å². The van der Waals surface area contributed by atoms with Crippen LogP contribution in [0.15, 0.2) is 12.7 Å². The Balaban J connectivity index is 3.51. The lowest BCUT2D eigenvalue weighted by Gasteiger charge is -1.97. The number of aldehydes is 1. The number of rotatable bonds is 5. The summed E-state index contributed by atoms with van der Waals surface area (Å²) in [6.07, 6.45) is 3.51. The van der Waals surface area contributed by atoms with Gasteiger partial charge < -0.3 is 4.79 Å². The molecule has 0 bridgehead atoms. The lowest BCUT2D eigenvalue weighted by Crippen LogP contribution is -2.00. The molecule has 2 nitrogen and oxygen atoms in total. The zero-order valence-corrected chi connectivity index (χ0v) is 6.01. The van der Waals surface area contributed by atoms with Crippen LogP contribution in [0, 0.1) is 5.92 Å². The molecule has 50 valence electrons. The van der Waals surface area contributed by atoms with E-state index in [0.717, 1.165) is 6.29 Å². The van der Waals surface area contributed by atoms with Crippen LogP contribution in [0.1, 0.15) is 6.42 Å². The molecule has 0 aromatic heterocycles. The van der Waals surface area contributed by atoms with Crippen molar-refractivity contribution in [1.29, 1.82) is 0 Å². The quantitative estimate of drug-likeness (QED) is 0.334. The van der Waals surface area contributed by atoms with Gasteiger partial charge in [-0.25, -0.2) is 0 Å². The van der Waals surface area contributed by atoms with Gasteiger partial charge in [0.15, 0.2) is 8.46 Å². The molecule has 0 aliphatic heterocycles. The van der Waals surface area contributed by atoms with Gasteiger partial charge >= 0.3 is 0 Å². The highest BCUT2D eigenvalue weighted by Crippen LogP contribution is 2.06. The molecular formula is C6H9O2P. The maximum Gasteiger partial charge on any atom is 0.155 e. The van der Waals surface area contributed by atoms with E-state index in [9.17, 15) is 9.36 Å². The zero-order valence-electron chi connectivity index (χ0n) is 5.12. The molecule has 3 heteroatoms. The molecule has 0 spiro atoms. The molecule has 0 aromatic carbocycles. The second-order valence-electron chi connectivity index (χ2n) is 1.73. The third kappa shape index (κ3) is 4.04. The van der Waals surface area contributed by atoms with Crippen molar-refractivity contribution in [2.75, 3.05) is 6.16 Å². The highest BCUT2D eigenvalue weighted by molar-refractivity contribution is 7.23. The first-order chi connectivity index (χ1) is 4.35. The average Bonchev–Trinajstić information content (AvgIpc) is 1.88. The molecule has 0 aliphatic carbocycles. The fourth-order valence-electron chi connectivity index (χ4n) is 0.483. The number of hydrogen-bond acceptors (Lipinski definition) is 2. The van der Waals surface area contributed by atoms with Gasteiger partial charge in [-0.2, -0.15) is 0 Å². The smallest absolute Gasteiger partial charge is 0.155 e. The van der Waals surface area contributed by atoms with Crippen LogP contribution in [0.2, 0.25) is 0 Å². The average molecular weight is 144 g/mol. The molecule has 1 atom stereocenters. The Bertz CT molecular complexity index is 102. The van der Waals surface area contributed by atoms with E-state index in [1.54, 1.807) is 6.08 Å². The first kappa shape index (κ1) is 8.51. The Hall–Kier alpha value is -0.490. The van der Waals surface area contributed by atoms with Crippen LogP contribution in [-0.2, 0) is 9.36 Å². The van der Waals surface area contributed by atoms with Gasteiger partial charge in [0.25, 0.3) is 0 Å². The fourth-order valence-corrected chi connectivity index (χ4v) is 0.910. The van der Waals surface area contributed by atoms with E-state index >= 15 is 0 Å². The van der Waals surface area contributed by atoms with Crippen molar-refractivity contribution in [3.63, 3.8) is 0 Å². The summed E-state index contributed by atoms with van der Waals surface area (Å²) in [6.45, 7) is 3.47. The van der Waals surface area contributed by atoms with Crippen molar-refractivity contribution in [3.05, 3.63) is 12.7 Å². The largest absolute Gasteiger partial charge is 0.303 e. The SMILES string of the molecule is C=CCC(C=O)CP=O. The van der Waals surface area contributed by atoms with E-state index in [-0.39, 0.29) is 14.4 Å². The molecule has 0 aliphatic rings. The van der Waals surface area contributed by atoms with Crippen molar-refractivity contribution in [2.45, 2.75) is 6.42 Å². The summed E-state index contributed by atoms with van der Waals surface area (Å²) in [5.41, 5.74) is 0. The van der Waals surface area contributed by atoms with Crippen LogP contribution in [0.5, 0.6) is 0 Å². The predicted octanol–water partition coefficient (Wildman–Crippen LogP) is 1.67. The molecule has 0 rings (SSSR count). The van der Waals surface area contributed by atoms with Crippen LogP contribution >= 0.6 is 8.46 Å². The highest BCUT2D eigenvalue weighted by atomic mass is 31.1. The molecule has 9 heavy (non-hydrogen) atoms. The number of carbonyl (C=O) groups excluding carboxylic acids is 1. The van der Waals surface area contributed by atoms with Crippen LogP contribution in [0.25, 0.3) is 0 Å². The van der Waals surface area contributed by atoms with Gasteiger partial charge in [-0.3, -0.25) is 4.57 Å². The first-order valence-electron chi connectivity index (χ1n) is 2.70. The molecule has 0 saturated heterocycles. The summed E-state index contributed by atoms with van der Waals surface area (Å²) in [4.78, 5) is 10.1. The van der Waals surface area contributed by atoms with Gasteiger partial charge in [0.2, 0.25) is 0 Å². The summed E-state index contributed by atoms with van der Waals surface area (Å²) >= 11 is 0. The van der Waals surface area contributed by atoms with Crippen LogP contribution in [0.4, 0.5) is 0 Å². The van der Waals surface area contributed by atoms with E-state index in [1.807, 2.05) is 0 Å². The van der Waals surface area contributed by atoms with Gasteiger partial charge in [0, 0.05) is 12.1 Å². The lowest BCUT2D eigenvalue weighted by molar-refractivity contribution is -0.110. The molecule has 0 aromatic rings. The molecule has 0 radical (unpaired) electrons. The minimum atomic E-state index is -0.110. The maximum absolute atomic E-state index is 10.1. The predicted molar refractivity (Wildman–Crippen MR) is 36.8 cm³/mol. The Morgan fingerprint density at radius 3 is 2.67 bits per heavy atom. The minimum absolute atomic E-state index is 0.0355. The molecular weight excluding hydrogens is 135 g/mol. The van der Waals surface area contributed by atoms with Crippen LogP contribution in [0.3, 0.4) is 0 Å². The normalized spacial score (nSPS) is 12.9. The fraction of sp³-hybridized carbons (Fsp3) is 0.500. The van der Waals surface area contributed by atoms with Crippen molar-refractivity contribution in [1.82, 2.24) is 0 Å². The topological polar surface area (TPSA) is 34.1 Å². The standard InChI is InChI=1S/C6H9O2P/c1-2-3-6(4-7)5-9-8/h2,4,6H,1,3,5H2. The Labute approximate surface area is 56.2 Å². The van der Waals surface area contributed by atoms with E-state index in [4.69, 9.17) is 0 Å². The summed E-state index contributed by atoms with van der Waals surface area (Å²) in [5, 5.41) is 0. The van der Waals surface area contributed by atoms with Crippen molar-refractivity contribution in [3.8, 4) is 0 Å². The lowest BCUT2D eigenvalue weighted by atomic mass is 10.1. The second kappa shape index (κ2) is 5.64. The summed E-state index contributed by atoms with van der Waals surface area (Å²) in [6, 6.07) is 0. The second-order valence-corrected chi connectivity index (χ2v) is 2.36. The maximum atomic E-state index is 10.1. The Morgan fingerprint density at radius 1 is 1.67 bits per heavy atom. The third-order valence-corrected chi connectivity index (χ3v) is 1.59. The zero-order chi connectivity index (χ0) is 7.11. The molecule has 0 saturated carbocycles. The van der Waals surface area contributed by atoms with Gasteiger partial charge in [0.05, 0.1) is 0 Å². The highest BCUT2D eigenvalue weighted by Gasteiger charge is 2.02. The minimum Gasteiger partial charge on any atom is -0.303 e. The van der Waals surface area contributed by atoms with Gasteiger partial charge in [-0.15, -0.1) is 6.58 Å². The molecule has 0 heterocycles. The van der Waals surface area contributed by atoms with Crippen LogP contribution in [-0.4, -0.2) is 12.4 Å². The van der Waals surface area contributed by atoms with Crippen molar-refractivity contribution >= 4 is 14.7 Å². The van der Waals surface area contributed by atoms with Crippen molar-refractivity contribution in [2.24, 2.45) is 5.92 Å². The van der Waals surface area contributed by atoms with Gasteiger partial charge in [-0.1, -0.05) is 6.08 Å². The van der Waals surface area contributed by atoms with Crippen LogP contribution < -0.4 is 0 Å². The number of allylic oxidation sites excluding steroid dienone is 1. The molecule has 0 fully saturated rings. The summed E-state index contributed by atoms with van der Waals surface area (Å²) < 4.78 is 9.95.